The minimum absolute atomic E-state index is 0.475. The topological polar surface area (TPSA) is 33.1 Å². The molecule has 0 fully saturated rings. The molecule has 1 atom stereocenters. The molecule has 1 aliphatic carbocycles. The van der Waals surface area contributed by atoms with Crippen molar-refractivity contribution in [3.63, 3.8) is 0 Å². The van der Waals surface area contributed by atoms with Crippen LogP contribution < -0.4 is 0 Å². The minimum Gasteiger partial charge on any atom is -0.389 e. The molecule has 4 rings (SSSR count). The summed E-state index contributed by atoms with van der Waals surface area (Å²) in [5.41, 5.74) is 6.83. The summed E-state index contributed by atoms with van der Waals surface area (Å²) in [6.07, 6.45) is 1.49. The lowest BCUT2D eigenvalue weighted by molar-refractivity contribution is 0.199. The predicted molar refractivity (Wildman–Crippen MR) is 85.2 cm³/mol. The molecule has 2 heteroatoms. The zero-order chi connectivity index (χ0) is 14.4. The van der Waals surface area contributed by atoms with E-state index >= 15 is 0 Å². The van der Waals surface area contributed by atoms with Gasteiger partial charge in [-0.25, -0.2) is 4.98 Å². The van der Waals surface area contributed by atoms with E-state index in [1.165, 1.54) is 16.7 Å². The van der Waals surface area contributed by atoms with E-state index in [-0.39, 0.29) is 0 Å². The number of fused-ring (bicyclic) bond motifs is 4. The van der Waals surface area contributed by atoms with Gasteiger partial charge in [-0.3, -0.25) is 0 Å². The highest BCUT2D eigenvalue weighted by Crippen LogP contribution is 2.38. The summed E-state index contributed by atoms with van der Waals surface area (Å²) in [6.45, 7) is 1.85. The van der Waals surface area contributed by atoms with Crippen LogP contribution in [0, 0.1) is 0 Å². The number of rotatable bonds is 1. The van der Waals surface area contributed by atoms with Gasteiger partial charge in [0.2, 0.25) is 0 Å². The van der Waals surface area contributed by atoms with Crippen molar-refractivity contribution in [3.05, 3.63) is 65.2 Å². The normalized spacial score (nSPS) is 14.6. The molecule has 3 aromatic rings. The Morgan fingerprint density at radius 2 is 1.76 bits per heavy atom. The van der Waals surface area contributed by atoms with E-state index in [0.717, 1.165) is 35.0 Å². The Balaban J connectivity index is 2.12. The molecule has 1 aliphatic rings. The summed E-state index contributed by atoms with van der Waals surface area (Å²) in [5, 5.41) is 11.4. The van der Waals surface area contributed by atoms with Crippen molar-refractivity contribution < 1.29 is 5.11 Å². The molecular formula is C19H17NO. The summed E-state index contributed by atoms with van der Waals surface area (Å²) < 4.78 is 0. The van der Waals surface area contributed by atoms with Gasteiger partial charge in [-0.05, 0) is 42.5 Å². The molecule has 0 amide bonds. The lowest BCUT2D eigenvalue weighted by atomic mass is 9.84. The maximum absolute atomic E-state index is 10.3. The highest BCUT2D eigenvalue weighted by atomic mass is 16.3. The van der Waals surface area contributed by atoms with Gasteiger partial charge in [0, 0.05) is 10.9 Å². The van der Waals surface area contributed by atoms with E-state index in [1.54, 1.807) is 0 Å². The zero-order valence-electron chi connectivity index (χ0n) is 12.0. The quantitative estimate of drug-likeness (QED) is 0.726. The molecular weight excluding hydrogens is 258 g/mol. The van der Waals surface area contributed by atoms with Crippen molar-refractivity contribution in [1.29, 1.82) is 0 Å². The predicted octanol–water partition coefficient (Wildman–Crippen LogP) is 4.05. The number of pyridine rings is 1. The Morgan fingerprint density at radius 3 is 2.62 bits per heavy atom. The average Bonchev–Trinajstić information content (AvgIpc) is 2.52. The first-order valence-corrected chi connectivity index (χ1v) is 7.43. The van der Waals surface area contributed by atoms with Crippen LogP contribution >= 0.6 is 0 Å². The third kappa shape index (κ3) is 1.87. The second-order valence-electron chi connectivity index (χ2n) is 5.70. The number of aryl methyl sites for hydroxylation is 1. The molecule has 0 saturated carbocycles. The Kier molecular flexibility index (Phi) is 2.79. The molecule has 1 unspecified atom stereocenters. The summed E-state index contributed by atoms with van der Waals surface area (Å²) in [4.78, 5) is 4.89. The first kappa shape index (κ1) is 12.5. The second-order valence-corrected chi connectivity index (χ2v) is 5.70. The summed E-state index contributed by atoms with van der Waals surface area (Å²) in [5.74, 6) is 0. The molecule has 1 N–H and O–H groups in total. The smallest absolute Gasteiger partial charge is 0.0771 e. The van der Waals surface area contributed by atoms with Crippen LogP contribution in [0.25, 0.3) is 22.2 Å². The Bertz CT molecular complexity index is 836. The van der Waals surface area contributed by atoms with Gasteiger partial charge in [0.25, 0.3) is 0 Å². The fourth-order valence-corrected chi connectivity index (χ4v) is 3.46. The van der Waals surface area contributed by atoms with Crippen molar-refractivity contribution in [2.75, 3.05) is 0 Å². The molecule has 2 aromatic carbocycles. The van der Waals surface area contributed by atoms with Crippen LogP contribution in [-0.4, -0.2) is 10.1 Å². The van der Waals surface area contributed by atoms with E-state index in [1.807, 2.05) is 25.1 Å². The third-order valence-corrected chi connectivity index (χ3v) is 4.37. The van der Waals surface area contributed by atoms with E-state index in [2.05, 4.69) is 30.3 Å². The largest absolute Gasteiger partial charge is 0.389 e. The van der Waals surface area contributed by atoms with Gasteiger partial charge in [0.15, 0.2) is 0 Å². The standard InChI is InChI=1S/C19H17NO/c1-12(21)18-15-8-4-5-9-17(15)20-19-14-7-3-2-6-13(14)10-11-16(18)19/h2-9,12,21H,10-11H2,1H3. The van der Waals surface area contributed by atoms with Crippen molar-refractivity contribution in [2.45, 2.75) is 25.9 Å². The number of aromatic nitrogens is 1. The lowest BCUT2D eigenvalue weighted by Gasteiger charge is -2.24. The highest BCUT2D eigenvalue weighted by molar-refractivity contribution is 5.88. The van der Waals surface area contributed by atoms with Crippen molar-refractivity contribution in [3.8, 4) is 11.3 Å². The van der Waals surface area contributed by atoms with Crippen molar-refractivity contribution in [1.82, 2.24) is 4.98 Å². The number of nitrogens with zero attached hydrogens (tertiary/aromatic N) is 1. The summed E-state index contributed by atoms with van der Waals surface area (Å²) in [6, 6.07) is 16.6. The fourth-order valence-electron chi connectivity index (χ4n) is 3.46. The molecule has 1 heterocycles. The second kappa shape index (κ2) is 4.68. The van der Waals surface area contributed by atoms with Gasteiger partial charge in [0.1, 0.15) is 0 Å². The van der Waals surface area contributed by atoms with E-state index in [0.29, 0.717) is 0 Å². The van der Waals surface area contributed by atoms with Crippen molar-refractivity contribution >= 4 is 10.9 Å². The SMILES string of the molecule is CC(O)c1c2c(nc3ccccc13)-c1ccccc1CC2. The van der Waals surface area contributed by atoms with Gasteiger partial charge in [-0.1, -0.05) is 42.5 Å². The molecule has 0 saturated heterocycles. The number of para-hydroxylation sites is 1. The monoisotopic (exact) mass is 275 g/mol. The number of hydrogen-bond acceptors (Lipinski definition) is 2. The summed E-state index contributed by atoms with van der Waals surface area (Å²) in [7, 11) is 0. The van der Waals surface area contributed by atoms with Crippen LogP contribution in [0.3, 0.4) is 0 Å². The van der Waals surface area contributed by atoms with Gasteiger partial charge in [-0.2, -0.15) is 0 Å². The number of benzene rings is 2. The maximum Gasteiger partial charge on any atom is 0.0771 e. The van der Waals surface area contributed by atoms with E-state index in [4.69, 9.17) is 4.98 Å². The van der Waals surface area contributed by atoms with Crippen LogP contribution in [0.5, 0.6) is 0 Å². The third-order valence-electron chi connectivity index (χ3n) is 4.37. The van der Waals surface area contributed by atoms with Crippen LogP contribution in [0.2, 0.25) is 0 Å². The van der Waals surface area contributed by atoms with Crippen LogP contribution in [0.1, 0.15) is 29.7 Å². The number of aliphatic hydroxyl groups is 1. The fraction of sp³-hybridized carbons (Fsp3) is 0.211. The lowest BCUT2D eigenvalue weighted by Crippen LogP contribution is -2.11. The molecule has 0 bridgehead atoms. The molecule has 104 valence electrons. The minimum atomic E-state index is -0.475. The average molecular weight is 275 g/mol. The van der Waals surface area contributed by atoms with Gasteiger partial charge in [0.05, 0.1) is 17.3 Å². The first-order valence-electron chi connectivity index (χ1n) is 7.43. The molecule has 2 nitrogen and oxygen atoms in total. The van der Waals surface area contributed by atoms with Gasteiger partial charge >= 0.3 is 0 Å². The number of aliphatic hydroxyl groups excluding tert-OH is 1. The first-order chi connectivity index (χ1) is 10.3. The summed E-state index contributed by atoms with van der Waals surface area (Å²) >= 11 is 0. The van der Waals surface area contributed by atoms with Crippen LogP contribution in [0.15, 0.2) is 48.5 Å². The Hall–Kier alpha value is -2.19. The van der Waals surface area contributed by atoms with Gasteiger partial charge in [-0.15, -0.1) is 0 Å². The van der Waals surface area contributed by atoms with E-state index < -0.39 is 6.10 Å². The molecule has 21 heavy (non-hydrogen) atoms. The molecule has 0 spiro atoms. The van der Waals surface area contributed by atoms with Crippen molar-refractivity contribution in [2.24, 2.45) is 0 Å². The van der Waals surface area contributed by atoms with Crippen LogP contribution in [0.4, 0.5) is 0 Å². The van der Waals surface area contributed by atoms with Crippen LogP contribution in [-0.2, 0) is 12.8 Å². The maximum atomic E-state index is 10.3. The van der Waals surface area contributed by atoms with E-state index in [9.17, 15) is 5.11 Å². The Morgan fingerprint density at radius 1 is 1.00 bits per heavy atom. The molecule has 0 aliphatic heterocycles. The number of hydrogen-bond donors (Lipinski definition) is 1. The van der Waals surface area contributed by atoms with Gasteiger partial charge < -0.3 is 5.11 Å². The molecule has 0 radical (unpaired) electrons. The zero-order valence-corrected chi connectivity index (χ0v) is 12.0. The highest BCUT2D eigenvalue weighted by Gasteiger charge is 2.23. The molecule has 1 aromatic heterocycles. The Labute approximate surface area is 124 Å².